The Kier molecular flexibility index (Phi) is 5.92. The van der Waals surface area contributed by atoms with Gasteiger partial charge in [-0.25, -0.2) is 4.79 Å². The molecule has 0 aliphatic heterocycles. The lowest BCUT2D eigenvalue weighted by Gasteiger charge is -2.12. The Morgan fingerprint density at radius 3 is 2.74 bits per heavy atom. The first-order valence-corrected chi connectivity index (χ1v) is 10.1. The maximum absolute atomic E-state index is 12.5. The van der Waals surface area contributed by atoms with Gasteiger partial charge < -0.3 is 10.1 Å². The summed E-state index contributed by atoms with van der Waals surface area (Å²) in [6.45, 7) is 5.97. The molecule has 0 radical (unpaired) electrons. The number of esters is 1. The van der Waals surface area contributed by atoms with Crippen molar-refractivity contribution >= 4 is 45.5 Å². The molecule has 3 rings (SSSR count). The third-order valence-corrected chi connectivity index (χ3v) is 5.89. The highest BCUT2D eigenvalue weighted by Crippen LogP contribution is 2.39. The van der Waals surface area contributed by atoms with Crippen molar-refractivity contribution in [2.24, 2.45) is 0 Å². The van der Waals surface area contributed by atoms with Crippen molar-refractivity contribution in [1.82, 2.24) is 5.32 Å². The van der Waals surface area contributed by atoms with E-state index in [-0.39, 0.29) is 17.0 Å². The molecule has 7 heteroatoms. The minimum Gasteiger partial charge on any atom is -0.462 e. The number of hydrogen-bond donors (Lipinski definition) is 2. The van der Waals surface area contributed by atoms with E-state index in [4.69, 9.17) is 17.0 Å². The Labute approximate surface area is 168 Å². The Balaban J connectivity index is 1.76. The molecule has 0 spiro atoms. The summed E-state index contributed by atoms with van der Waals surface area (Å²) in [5.41, 5.74) is 4.15. The molecule has 1 aliphatic carbocycles. The summed E-state index contributed by atoms with van der Waals surface area (Å²) in [6, 6.07) is 5.63. The first kappa shape index (κ1) is 19.5. The third kappa shape index (κ3) is 4.20. The molecule has 27 heavy (non-hydrogen) atoms. The summed E-state index contributed by atoms with van der Waals surface area (Å²) in [7, 11) is 0. The van der Waals surface area contributed by atoms with Crippen LogP contribution in [0.3, 0.4) is 0 Å². The van der Waals surface area contributed by atoms with Crippen molar-refractivity contribution in [3.63, 3.8) is 0 Å². The molecule has 0 saturated heterocycles. The summed E-state index contributed by atoms with van der Waals surface area (Å²) in [5.74, 6) is -0.616. The van der Waals surface area contributed by atoms with E-state index in [9.17, 15) is 9.59 Å². The fourth-order valence-electron chi connectivity index (χ4n) is 3.28. The second kappa shape index (κ2) is 8.19. The second-order valence-corrected chi connectivity index (χ2v) is 8.02. The number of fused-ring (bicyclic) bond motifs is 1. The minimum absolute atomic E-state index is 0.172. The number of carbonyl (C=O) groups excluding carboxylic acids is 2. The Morgan fingerprint density at radius 1 is 1.26 bits per heavy atom. The number of anilines is 1. The number of aryl methyl sites for hydroxylation is 3. The van der Waals surface area contributed by atoms with Crippen molar-refractivity contribution in [2.75, 3.05) is 11.9 Å². The minimum atomic E-state index is -0.345. The van der Waals surface area contributed by atoms with E-state index in [0.29, 0.717) is 22.7 Å². The molecular formula is C20H22N2O3S2. The molecule has 2 N–H and O–H groups in total. The van der Waals surface area contributed by atoms with Gasteiger partial charge in [0.2, 0.25) is 0 Å². The van der Waals surface area contributed by atoms with Crippen LogP contribution in [0.2, 0.25) is 0 Å². The Hall–Kier alpha value is -2.25. The largest absolute Gasteiger partial charge is 0.462 e. The van der Waals surface area contributed by atoms with Crippen LogP contribution in [0.4, 0.5) is 5.00 Å². The summed E-state index contributed by atoms with van der Waals surface area (Å²) in [6.07, 6.45) is 2.86. The number of thiophene rings is 1. The zero-order valence-corrected chi connectivity index (χ0v) is 17.2. The highest BCUT2D eigenvalue weighted by molar-refractivity contribution is 7.80. The molecule has 5 nitrogen and oxygen atoms in total. The predicted octanol–water partition coefficient (Wildman–Crippen LogP) is 4.16. The van der Waals surface area contributed by atoms with Crippen molar-refractivity contribution < 1.29 is 14.3 Å². The van der Waals surface area contributed by atoms with Gasteiger partial charge in [0.05, 0.1) is 12.2 Å². The van der Waals surface area contributed by atoms with E-state index in [1.54, 1.807) is 13.0 Å². The lowest BCUT2D eigenvalue weighted by atomic mass is 10.1. The number of thiocarbonyl (C=S) groups is 1. The molecular weight excluding hydrogens is 380 g/mol. The standard InChI is InChI=1S/C20H22N2O3S2/c1-4-25-19(24)16-14-6-5-7-15(14)27-18(16)22-20(26)21-17(23)13-9-8-11(2)10-12(13)3/h8-10H,4-7H2,1-3H3,(H2,21,22,23,26). The molecule has 0 bridgehead atoms. The lowest BCUT2D eigenvalue weighted by Crippen LogP contribution is -2.34. The van der Waals surface area contributed by atoms with E-state index in [1.807, 2.05) is 26.0 Å². The number of benzene rings is 1. The molecule has 0 atom stereocenters. The molecule has 1 aromatic carbocycles. The summed E-state index contributed by atoms with van der Waals surface area (Å²) in [4.78, 5) is 26.1. The average molecular weight is 403 g/mol. The fourth-order valence-corrected chi connectivity index (χ4v) is 4.83. The van der Waals surface area contributed by atoms with Gasteiger partial charge in [-0.2, -0.15) is 0 Å². The van der Waals surface area contributed by atoms with Crippen LogP contribution in [0.25, 0.3) is 0 Å². The highest BCUT2D eigenvalue weighted by atomic mass is 32.1. The maximum Gasteiger partial charge on any atom is 0.341 e. The fraction of sp³-hybridized carbons (Fsp3) is 0.350. The average Bonchev–Trinajstić information content (AvgIpc) is 3.15. The number of nitrogens with one attached hydrogen (secondary N) is 2. The van der Waals surface area contributed by atoms with Crippen LogP contribution < -0.4 is 10.6 Å². The van der Waals surface area contributed by atoms with E-state index in [1.165, 1.54) is 16.2 Å². The van der Waals surface area contributed by atoms with E-state index in [2.05, 4.69) is 10.6 Å². The summed E-state index contributed by atoms with van der Waals surface area (Å²) < 4.78 is 5.21. The molecule has 0 saturated carbocycles. The normalized spacial score (nSPS) is 12.4. The molecule has 1 amide bonds. The van der Waals surface area contributed by atoms with Crippen LogP contribution in [0, 0.1) is 13.8 Å². The number of amides is 1. The van der Waals surface area contributed by atoms with Crippen molar-refractivity contribution in [3.8, 4) is 0 Å². The Bertz CT molecular complexity index is 918. The van der Waals surface area contributed by atoms with Gasteiger partial charge in [0.1, 0.15) is 5.00 Å². The Morgan fingerprint density at radius 2 is 2.04 bits per heavy atom. The van der Waals surface area contributed by atoms with Gasteiger partial charge >= 0.3 is 5.97 Å². The van der Waals surface area contributed by atoms with Crippen LogP contribution in [0.15, 0.2) is 18.2 Å². The van der Waals surface area contributed by atoms with Crippen LogP contribution in [0.1, 0.15) is 55.6 Å². The van der Waals surface area contributed by atoms with E-state index in [0.717, 1.165) is 36.0 Å². The van der Waals surface area contributed by atoms with E-state index >= 15 is 0 Å². The van der Waals surface area contributed by atoms with E-state index < -0.39 is 0 Å². The van der Waals surface area contributed by atoms with Crippen molar-refractivity contribution in [2.45, 2.75) is 40.0 Å². The molecule has 1 aromatic heterocycles. The zero-order valence-electron chi connectivity index (χ0n) is 15.6. The number of carbonyl (C=O) groups is 2. The summed E-state index contributed by atoms with van der Waals surface area (Å²) in [5, 5.41) is 6.55. The highest BCUT2D eigenvalue weighted by Gasteiger charge is 2.28. The molecule has 0 fully saturated rings. The smallest absolute Gasteiger partial charge is 0.341 e. The van der Waals surface area contributed by atoms with Crippen LogP contribution in [-0.4, -0.2) is 23.6 Å². The number of rotatable bonds is 4. The van der Waals surface area contributed by atoms with Gasteiger partial charge in [0.15, 0.2) is 5.11 Å². The quantitative estimate of drug-likeness (QED) is 0.594. The molecule has 2 aromatic rings. The molecule has 142 valence electrons. The molecule has 1 aliphatic rings. The van der Waals surface area contributed by atoms with Crippen LogP contribution >= 0.6 is 23.6 Å². The van der Waals surface area contributed by atoms with Gasteiger partial charge in [-0.1, -0.05) is 17.7 Å². The first-order chi connectivity index (χ1) is 12.9. The van der Waals surface area contributed by atoms with Gasteiger partial charge in [-0.15, -0.1) is 11.3 Å². The molecule has 0 unspecified atom stereocenters. The van der Waals surface area contributed by atoms with Crippen molar-refractivity contribution in [3.05, 3.63) is 50.9 Å². The van der Waals surface area contributed by atoms with Gasteiger partial charge in [-0.3, -0.25) is 10.1 Å². The number of hydrogen-bond acceptors (Lipinski definition) is 5. The van der Waals surface area contributed by atoms with Gasteiger partial charge in [0, 0.05) is 10.4 Å². The van der Waals surface area contributed by atoms with Gasteiger partial charge in [0.25, 0.3) is 5.91 Å². The van der Waals surface area contributed by atoms with Gasteiger partial charge in [-0.05, 0) is 69.4 Å². The topological polar surface area (TPSA) is 67.4 Å². The monoisotopic (exact) mass is 402 g/mol. The third-order valence-electron chi connectivity index (χ3n) is 4.48. The van der Waals surface area contributed by atoms with Crippen LogP contribution in [-0.2, 0) is 17.6 Å². The second-order valence-electron chi connectivity index (χ2n) is 6.51. The molecule has 1 heterocycles. The van der Waals surface area contributed by atoms with Crippen LogP contribution in [0.5, 0.6) is 0 Å². The first-order valence-electron chi connectivity index (χ1n) is 8.92. The summed E-state index contributed by atoms with van der Waals surface area (Å²) >= 11 is 6.82. The lowest BCUT2D eigenvalue weighted by molar-refractivity contribution is 0.0527. The predicted molar refractivity (Wildman–Crippen MR) is 112 cm³/mol. The maximum atomic E-state index is 12.5. The SMILES string of the molecule is CCOC(=O)c1c(NC(=S)NC(=O)c2ccc(C)cc2C)sc2c1CCC2. The van der Waals surface area contributed by atoms with Crippen molar-refractivity contribution in [1.29, 1.82) is 0 Å². The number of ether oxygens (including phenoxy) is 1. The zero-order chi connectivity index (χ0) is 19.6.